The molecule has 11 heteroatoms. The molecule has 2 aromatic carbocycles. The van der Waals surface area contributed by atoms with Crippen molar-refractivity contribution in [3.8, 4) is 5.75 Å². The van der Waals surface area contributed by atoms with Gasteiger partial charge in [0.25, 0.3) is 15.9 Å². The van der Waals surface area contributed by atoms with E-state index < -0.39 is 15.9 Å². The van der Waals surface area contributed by atoms with Crippen LogP contribution >= 0.6 is 23.2 Å². The van der Waals surface area contributed by atoms with Gasteiger partial charge in [0.2, 0.25) is 5.88 Å². The number of anilines is 2. The van der Waals surface area contributed by atoms with E-state index in [1.54, 1.807) is 13.8 Å². The molecule has 188 valence electrons. The molecule has 35 heavy (non-hydrogen) atoms. The Bertz CT molecular complexity index is 1270. The lowest BCUT2D eigenvalue weighted by Gasteiger charge is -2.12. The van der Waals surface area contributed by atoms with Gasteiger partial charge >= 0.3 is 0 Å². The summed E-state index contributed by atoms with van der Waals surface area (Å²) in [6.07, 6.45) is 4.21. The van der Waals surface area contributed by atoms with Gasteiger partial charge in [-0.05, 0) is 56.7 Å². The SMILES string of the molecule is CCCCCCOc1c(Cl)cc(C(=O)Nc2ccc(S(=O)(=O)Nc3onc(C)c3C)cc2)cc1Cl. The van der Waals surface area contributed by atoms with Crippen molar-refractivity contribution in [2.45, 2.75) is 51.3 Å². The molecule has 1 heterocycles. The van der Waals surface area contributed by atoms with Gasteiger partial charge in [0.15, 0.2) is 5.75 Å². The highest BCUT2D eigenvalue weighted by molar-refractivity contribution is 7.92. The first kappa shape index (κ1) is 26.8. The quantitative estimate of drug-likeness (QED) is 0.265. The first-order valence-corrected chi connectivity index (χ1v) is 13.3. The van der Waals surface area contributed by atoms with Crippen LogP contribution in [0.5, 0.6) is 5.75 Å². The van der Waals surface area contributed by atoms with Crippen LogP contribution in [0.15, 0.2) is 45.8 Å². The molecule has 2 N–H and O–H groups in total. The summed E-state index contributed by atoms with van der Waals surface area (Å²) in [6, 6.07) is 8.64. The van der Waals surface area contributed by atoms with Crippen LogP contribution in [-0.2, 0) is 10.0 Å². The summed E-state index contributed by atoms with van der Waals surface area (Å²) in [5.41, 5.74) is 1.83. The van der Waals surface area contributed by atoms with Crippen molar-refractivity contribution in [2.75, 3.05) is 16.6 Å². The number of ether oxygens (including phenoxy) is 1. The molecule has 0 atom stereocenters. The Balaban J connectivity index is 1.65. The van der Waals surface area contributed by atoms with E-state index in [0.717, 1.165) is 25.7 Å². The fourth-order valence-corrected chi connectivity index (χ4v) is 4.79. The third-order valence-electron chi connectivity index (χ3n) is 5.31. The molecule has 0 saturated heterocycles. The number of sulfonamides is 1. The van der Waals surface area contributed by atoms with E-state index in [-0.39, 0.29) is 26.4 Å². The van der Waals surface area contributed by atoms with Crippen molar-refractivity contribution in [1.82, 2.24) is 5.16 Å². The van der Waals surface area contributed by atoms with Crippen molar-refractivity contribution < 1.29 is 22.5 Å². The summed E-state index contributed by atoms with van der Waals surface area (Å²) >= 11 is 12.6. The number of halogens is 2. The zero-order valence-corrected chi connectivity index (χ0v) is 22.0. The number of carbonyl (C=O) groups excluding carboxylic acids is 1. The molecule has 3 rings (SSSR count). The first-order valence-electron chi connectivity index (χ1n) is 11.1. The van der Waals surface area contributed by atoms with E-state index in [4.69, 9.17) is 32.5 Å². The minimum absolute atomic E-state index is 0.00419. The van der Waals surface area contributed by atoms with Gasteiger partial charge in [-0.15, -0.1) is 0 Å². The van der Waals surface area contributed by atoms with Crippen LogP contribution in [0.1, 0.15) is 54.2 Å². The Kier molecular flexibility index (Phi) is 9.04. The molecule has 0 aliphatic carbocycles. The Morgan fingerprint density at radius 1 is 1.06 bits per heavy atom. The van der Waals surface area contributed by atoms with Crippen LogP contribution in [0.2, 0.25) is 10.0 Å². The summed E-state index contributed by atoms with van der Waals surface area (Å²) in [5.74, 6) is -0.0487. The highest BCUT2D eigenvalue weighted by Gasteiger charge is 2.20. The van der Waals surface area contributed by atoms with Crippen LogP contribution in [0, 0.1) is 13.8 Å². The predicted octanol–water partition coefficient (Wildman–Crippen LogP) is 6.61. The smallest absolute Gasteiger partial charge is 0.264 e. The second-order valence-corrected chi connectivity index (χ2v) is 10.5. The fourth-order valence-electron chi connectivity index (χ4n) is 3.14. The molecule has 0 radical (unpaired) electrons. The molecule has 1 aromatic heterocycles. The van der Waals surface area contributed by atoms with Crippen molar-refractivity contribution in [1.29, 1.82) is 0 Å². The Morgan fingerprint density at radius 3 is 2.29 bits per heavy atom. The van der Waals surface area contributed by atoms with Crippen molar-refractivity contribution in [3.63, 3.8) is 0 Å². The lowest BCUT2D eigenvalue weighted by Crippen LogP contribution is -2.14. The molecule has 0 spiro atoms. The van der Waals surface area contributed by atoms with Crippen LogP contribution in [0.3, 0.4) is 0 Å². The maximum atomic E-state index is 12.7. The minimum Gasteiger partial charge on any atom is -0.490 e. The number of hydrogen-bond donors (Lipinski definition) is 2. The van der Waals surface area contributed by atoms with E-state index >= 15 is 0 Å². The van der Waals surface area contributed by atoms with Crippen molar-refractivity contribution in [3.05, 3.63) is 63.3 Å². The summed E-state index contributed by atoms with van der Waals surface area (Å²) in [7, 11) is -3.89. The number of nitrogens with one attached hydrogen (secondary N) is 2. The molecule has 0 aliphatic heterocycles. The van der Waals surface area contributed by atoms with Gasteiger partial charge < -0.3 is 14.6 Å². The standard InChI is InChI=1S/C24H27Cl2N3O5S/c1-4-5-6-7-12-33-22-20(25)13-17(14-21(22)26)23(30)27-18-8-10-19(11-9-18)35(31,32)29-24-15(2)16(3)28-34-24/h8-11,13-14,29H,4-7,12H2,1-3H3,(H,27,30). The van der Waals surface area contributed by atoms with Crippen molar-refractivity contribution >= 4 is 50.7 Å². The topological polar surface area (TPSA) is 111 Å². The molecule has 0 bridgehead atoms. The zero-order chi connectivity index (χ0) is 25.6. The maximum absolute atomic E-state index is 12.7. The summed E-state index contributed by atoms with van der Waals surface area (Å²) in [4.78, 5) is 12.7. The minimum atomic E-state index is -3.89. The summed E-state index contributed by atoms with van der Waals surface area (Å²) in [5, 5.41) is 6.91. The summed E-state index contributed by atoms with van der Waals surface area (Å²) in [6.45, 7) is 6.04. The highest BCUT2D eigenvalue weighted by atomic mass is 35.5. The number of unbranched alkanes of at least 4 members (excludes halogenated alkanes) is 3. The third-order valence-corrected chi connectivity index (χ3v) is 7.22. The Labute approximate surface area is 215 Å². The van der Waals surface area contributed by atoms with E-state index in [1.807, 2.05) is 0 Å². The molecule has 0 saturated carbocycles. The summed E-state index contributed by atoms with van der Waals surface area (Å²) < 4.78 is 38.3. The molecule has 1 amide bonds. The second kappa shape index (κ2) is 11.8. The normalized spacial score (nSPS) is 11.3. The largest absolute Gasteiger partial charge is 0.490 e. The van der Waals surface area contributed by atoms with E-state index in [0.29, 0.717) is 29.3 Å². The Hall–Kier alpha value is -2.75. The van der Waals surface area contributed by atoms with Crippen LogP contribution in [0.25, 0.3) is 0 Å². The predicted molar refractivity (Wildman–Crippen MR) is 137 cm³/mol. The van der Waals surface area contributed by atoms with E-state index in [1.165, 1.54) is 36.4 Å². The lowest BCUT2D eigenvalue weighted by molar-refractivity contribution is 0.102. The van der Waals surface area contributed by atoms with Gasteiger partial charge in [0.05, 0.1) is 27.2 Å². The number of aromatic nitrogens is 1. The van der Waals surface area contributed by atoms with Crippen LogP contribution in [-0.4, -0.2) is 26.1 Å². The van der Waals surface area contributed by atoms with Gasteiger partial charge in [0, 0.05) is 16.8 Å². The van der Waals surface area contributed by atoms with Crippen LogP contribution in [0.4, 0.5) is 11.6 Å². The van der Waals surface area contributed by atoms with E-state index in [9.17, 15) is 13.2 Å². The molecule has 0 fully saturated rings. The molecular weight excluding hydrogens is 513 g/mol. The van der Waals surface area contributed by atoms with Crippen LogP contribution < -0.4 is 14.8 Å². The molecule has 8 nitrogen and oxygen atoms in total. The maximum Gasteiger partial charge on any atom is 0.264 e. The molecule has 3 aromatic rings. The fraction of sp³-hybridized carbons (Fsp3) is 0.333. The number of amides is 1. The highest BCUT2D eigenvalue weighted by Crippen LogP contribution is 2.34. The molecular formula is C24H27Cl2N3O5S. The van der Waals surface area contributed by atoms with Gasteiger partial charge in [-0.25, -0.2) is 13.1 Å². The lowest BCUT2D eigenvalue weighted by atomic mass is 10.2. The van der Waals surface area contributed by atoms with Gasteiger partial charge in [-0.3, -0.25) is 4.79 Å². The molecule has 0 aliphatic rings. The van der Waals surface area contributed by atoms with Crippen molar-refractivity contribution in [2.24, 2.45) is 0 Å². The third kappa shape index (κ3) is 6.90. The van der Waals surface area contributed by atoms with E-state index in [2.05, 4.69) is 22.1 Å². The zero-order valence-electron chi connectivity index (χ0n) is 19.7. The number of rotatable bonds is 11. The number of nitrogens with zero attached hydrogens (tertiary/aromatic N) is 1. The average Bonchev–Trinajstić information content (AvgIpc) is 3.12. The van der Waals surface area contributed by atoms with Gasteiger partial charge in [0.1, 0.15) is 0 Å². The Morgan fingerprint density at radius 2 is 1.71 bits per heavy atom. The van der Waals surface area contributed by atoms with Gasteiger partial charge in [-0.1, -0.05) is 54.5 Å². The molecule has 0 unspecified atom stereocenters. The average molecular weight is 540 g/mol. The number of benzene rings is 2. The first-order chi connectivity index (χ1) is 16.6. The number of hydrogen-bond acceptors (Lipinski definition) is 6. The number of aryl methyl sites for hydroxylation is 1. The van der Waals surface area contributed by atoms with Gasteiger partial charge in [-0.2, -0.15) is 0 Å². The number of carbonyl (C=O) groups is 1. The monoisotopic (exact) mass is 539 g/mol. The second-order valence-electron chi connectivity index (χ2n) is 7.98.